The van der Waals surface area contributed by atoms with Gasteiger partial charge in [-0.1, -0.05) is 6.92 Å². The summed E-state index contributed by atoms with van der Waals surface area (Å²) in [4.78, 5) is 0. The van der Waals surface area contributed by atoms with Crippen LogP contribution in [-0.2, 0) is 4.74 Å². The molecule has 0 aromatic carbocycles. The van der Waals surface area contributed by atoms with Crippen LogP contribution < -0.4 is 0 Å². The molecule has 0 saturated carbocycles. The van der Waals surface area contributed by atoms with Crippen LogP contribution in [0.2, 0.25) is 0 Å². The fraction of sp³-hybridized carbons (Fsp3) is 0.600. The number of hydrogen-bond acceptors (Lipinski definition) is 2. The molecule has 2 unspecified atom stereocenters. The minimum atomic E-state index is -0.448. The van der Waals surface area contributed by atoms with Crippen molar-refractivity contribution in [3.8, 4) is 0 Å². The molecular formula is C10H13FO2. The zero-order valence-corrected chi connectivity index (χ0v) is 7.59. The zero-order valence-electron chi connectivity index (χ0n) is 7.59. The zero-order chi connectivity index (χ0) is 9.42. The summed E-state index contributed by atoms with van der Waals surface area (Å²) < 4.78 is 18.7. The Morgan fingerprint density at radius 3 is 3.15 bits per heavy atom. The maximum absolute atomic E-state index is 13.2. The minimum Gasteiger partial charge on any atom is -0.505 e. The van der Waals surface area contributed by atoms with Gasteiger partial charge in [0.1, 0.15) is 11.6 Å². The van der Waals surface area contributed by atoms with Crippen molar-refractivity contribution in [2.24, 2.45) is 5.92 Å². The second kappa shape index (κ2) is 3.14. The molecule has 2 aliphatic rings. The van der Waals surface area contributed by atoms with Crippen LogP contribution in [0.5, 0.6) is 0 Å². The summed E-state index contributed by atoms with van der Waals surface area (Å²) in [5.41, 5.74) is 1.03. The molecule has 1 aliphatic carbocycles. The van der Waals surface area contributed by atoms with E-state index in [1.807, 2.05) is 0 Å². The van der Waals surface area contributed by atoms with Crippen LogP contribution in [-0.4, -0.2) is 17.8 Å². The Morgan fingerprint density at radius 1 is 1.62 bits per heavy atom. The van der Waals surface area contributed by atoms with Gasteiger partial charge in [-0.25, -0.2) is 4.39 Å². The SMILES string of the molecule is CC1C(F)=C(O)C=C2CCCOC21. The number of aliphatic hydroxyl groups excluding tert-OH is 1. The Balaban J connectivity index is 2.31. The molecule has 0 radical (unpaired) electrons. The van der Waals surface area contributed by atoms with Gasteiger partial charge in [-0.3, -0.25) is 0 Å². The van der Waals surface area contributed by atoms with Crippen molar-refractivity contribution in [2.75, 3.05) is 6.61 Å². The predicted molar refractivity (Wildman–Crippen MR) is 47.0 cm³/mol. The molecule has 1 N–H and O–H groups in total. The normalized spacial score (nSPS) is 34.2. The van der Waals surface area contributed by atoms with Gasteiger partial charge in [-0.2, -0.15) is 0 Å². The number of aliphatic hydroxyl groups is 1. The van der Waals surface area contributed by atoms with Crippen molar-refractivity contribution in [3.05, 3.63) is 23.2 Å². The summed E-state index contributed by atoms with van der Waals surface area (Å²) in [5, 5.41) is 9.26. The fourth-order valence-electron chi connectivity index (χ4n) is 1.97. The molecule has 0 spiro atoms. The molecular weight excluding hydrogens is 171 g/mol. The van der Waals surface area contributed by atoms with E-state index >= 15 is 0 Å². The Labute approximate surface area is 76.7 Å². The maximum atomic E-state index is 13.2. The molecule has 2 nitrogen and oxygen atoms in total. The van der Waals surface area contributed by atoms with Gasteiger partial charge in [0.25, 0.3) is 0 Å². The first-order chi connectivity index (χ1) is 6.20. The fourth-order valence-corrected chi connectivity index (χ4v) is 1.97. The largest absolute Gasteiger partial charge is 0.505 e. The maximum Gasteiger partial charge on any atom is 0.147 e. The smallest absolute Gasteiger partial charge is 0.147 e. The molecule has 3 heteroatoms. The van der Waals surface area contributed by atoms with E-state index in [0.29, 0.717) is 6.61 Å². The van der Waals surface area contributed by atoms with Crippen molar-refractivity contribution in [2.45, 2.75) is 25.9 Å². The summed E-state index contributed by atoms with van der Waals surface area (Å²) >= 11 is 0. The second-order valence-electron chi connectivity index (χ2n) is 3.64. The lowest BCUT2D eigenvalue weighted by Gasteiger charge is -2.32. The molecule has 1 saturated heterocycles. The molecule has 1 aliphatic heterocycles. The monoisotopic (exact) mass is 184 g/mol. The van der Waals surface area contributed by atoms with Gasteiger partial charge in [-0.15, -0.1) is 0 Å². The number of rotatable bonds is 0. The Kier molecular flexibility index (Phi) is 2.12. The molecule has 2 rings (SSSR count). The molecule has 72 valence electrons. The Hall–Kier alpha value is -0.830. The molecule has 1 fully saturated rings. The van der Waals surface area contributed by atoms with E-state index in [-0.39, 0.29) is 17.8 Å². The first kappa shape index (κ1) is 8.75. The standard InChI is InChI=1S/C10H13FO2/c1-6-9(11)8(12)5-7-3-2-4-13-10(6)7/h5-6,10,12H,2-4H2,1H3. The van der Waals surface area contributed by atoms with Crippen LogP contribution in [0.3, 0.4) is 0 Å². The number of ether oxygens (including phenoxy) is 1. The quantitative estimate of drug-likeness (QED) is 0.626. The van der Waals surface area contributed by atoms with E-state index in [9.17, 15) is 9.50 Å². The predicted octanol–water partition coefficient (Wildman–Crippen LogP) is 2.48. The van der Waals surface area contributed by atoms with E-state index in [1.165, 1.54) is 6.08 Å². The minimum absolute atomic E-state index is 0.148. The number of halogens is 1. The lowest BCUT2D eigenvalue weighted by atomic mass is 9.86. The molecule has 0 bridgehead atoms. The highest BCUT2D eigenvalue weighted by Gasteiger charge is 2.33. The van der Waals surface area contributed by atoms with Crippen molar-refractivity contribution in [3.63, 3.8) is 0 Å². The summed E-state index contributed by atoms with van der Waals surface area (Å²) in [5.74, 6) is -1.000. The van der Waals surface area contributed by atoms with Crippen LogP contribution in [0.25, 0.3) is 0 Å². The van der Waals surface area contributed by atoms with Gasteiger partial charge in [0, 0.05) is 12.5 Å². The van der Waals surface area contributed by atoms with Crippen LogP contribution in [0, 0.1) is 5.92 Å². The summed E-state index contributed by atoms with van der Waals surface area (Å²) in [6.07, 6.45) is 3.24. The molecule has 2 atom stereocenters. The van der Waals surface area contributed by atoms with E-state index in [2.05, 4.69) is 0 Å². The van der Waals surface area contributed by atoms with Crippen molar-refractivity contribution in [1.82, 2.24) is 0 Å². The van der Waals surface area contributed by atoms with E-state index in [4.69, 9.17) is 4.74 Å². The molecule has 1 heterocycles. The highest BCUT2D eigenvalue weighted by Crippen LogP contribution is 2.35. The lowest BCUT2D eigenvalue weighted by molar-refractivity contribution is 0.0193. The number of allylic oxidation sites excluding steroid dienone is 1. The highest BCUT2D eigenvalue weighted by molar-refractivity contribution is 5.31. The second-order valence-corrected chi connectivity index (χ2v) is 3.64. The molecule has 0 amide bonds. The molecule has 13 heavy (non-hydrogen) atoms. The van der Waals surface area contributed by atoms with Crippen molar-refractivity contribution >= 4 is 0 Å². The van der Waals surface area contributed by atoms with Crippen LogP contribution >= 0.6 is 0 Å². The number of fused-ring (bicyclic) bond motifs is 1. The average Bonchev–Trinajstić information content (AvgIpc) is 2.15. The Morgan fingerprint density at radius 2 is 2.38 bits per heavy atom. The van der Waals surface area contributed by atoms with E-state index < -0.39 is 5.83 Å². The van der Waals surface area contributed by atoms with Crippen LogP contribution in [0.1, 0.15) is 19.8 Å². The first-order valence-electron chi connectivity index (χ1n) is 4.61. The molecule has 0 aromatic heterocycles. The summed E-state index contributed by atoms with van der Waals surface area (Å²) in [6, 6.07) is 0. The third-order valence-corrected chi connectivity index (χ3v) is 2.69. The van der Waals surface area contributed by atoms with Crippen LogP contribution in [0.15, 0.2) is 23.2 Å². The number of hydrogen-bond donors (Lipinski definition) is 1. The van der Waals surface area contributed by atoms with Crippen molar-refractivity contribution < 1.29 is 14.2 Å². The van der Waals surface area contributed by atoms with Gasteiger partial charge < -0.3 is 9.84 Å². The van der Waals surface area contributed by atoms with E-state index in [0.717, 1.165) is 18.4 Å². The third-order valence-electron chi connectivity index (χ3n) is 2.69. The van der Waals surface area contributed by atoms with Gasteiger partial charge in [0.05, 0.1) is 6.10 Å². The first-order valence-corrected chi connectivity index (χ1v) is 4.61. The van der Waals surface area contributed by atoms with E-state index in [1.54, 1.807) is 6.92 Å². The van der Waals surface area contributed by atoms with Gasteiger partial charge in [0.2, 0.25) is 0 Å². The summed E-state index contributed by atoms with van der Waals surface area (Å²) in [7, 11) is 0. The van der Waals surface area contributed by atoms with Gasteiger partial charge in [-0.05, 0) is 24.5 Å². The van der Waals surface area contributed by atoms with Gasteiger partial charge >= 0.3 is 0 Å². The van der Waals surface area contributed by atoms with Gasteiger partial charge in [0.15, 0.2) is 0 Å². The van der Waals surface area contributed by atoms with Crippen molar-refractivity contribution in [1.29, 1.82) is 0 Å². The van der Waals surface area contributed by atoms with Crippen LogP contribution in [0.4, 0.5) is 4.39 Å². The average molecular weight is 184 g/mol. The highest BCUT2D eigenvalue weighted by atomic mass is 19.1. The lowest BCUT2D eigenvalue weighted by Crippen LogP contribution is -2.31. The topological polar surface area (TPSA) is 29.5 Å². The summed E-state index contributed by atoms with van der Waals surface area (Å²) in [6.45, 7) is 2.44. The Bertz CT molecular complexity index is 281. The molecule has 0 aromatic rings. The third kappa shape index (κ3) is 1.37.